The molecule has 27 heavy (non-hydrogen) atoms. The third-order valence-electron chi connectivity index (χ3n) is 4.42. The van der Waals surface area contributed by atoms with E-state index in [0.717, 1.165) is 17.4 Å². The molecule has 0 fully saturated rings. The van der Waals surface area contributed by atoms with Crippen LogP contribution in [0.25, 0.3) is 0 Å². The molecule has 0 saturated carbocycles. The van der Waals surface area contributed by atoms with Gasteiger partial charge in [-0.1, -0.05) is 42.5 Å². The van der Waals surface area contributed by atoms with Gasteiger partial charge in [-0.2, -0.15) is 4.98 Å². The van der Waals surface area contributed by atoms with E-state index in [-0.39, 0.29) is 23.8 Å². The summed E-state index contributed by atoms with van der Waals surface area (Å²) in [5, 5.41) is 7.61. The van der Waals surface area contributed by atoms with E-state index in [0.29, 0.717) is 12.4 Å². The monoisotopic (exact) mass is 387 g/mol. The first-order valence-electron chi connectivity index (χ1n) is 8.40. The van der Waals surface area contributed by atoms with Crippen LogP contribution < -0.4 is 10.0 Å². The Balaban J connectivity index is 1.76. The van der Waals surface area contributed by atoms with E-state index in [2.05, 4.69) is 20.1 Å². The first-order valence-corrected chi connectivity index (χ1v) is 10.3. The molecule has 1 aliphatic rings. The van der Waals surface area contributed by atoms with Crippen molar-refractivity contribution in [1.82, 2.24) is 14.8 Å². The molecule has 4 rings (SSSR count). The second-order valence-corrected chi connectivity index (χ2v) is 8.24. The average molecular weight is 387 g/mol. The number of hydrogen-bond acceptors (Lipinski definition) is 5. The predicted octanol–water partition coefficient (Wildman–Crippen LogP) is 2.94. The number of aromatic nitrogens is 3. The third-order valence-corrected chi connectivity index (χ3v) is 4.98. The summed E-state index contributed by atoms with van der Waals surface area (Å²) in [6, 6.07) is 15.9. The maximum absolute atomic E-state index is 13.4. The van der Waals surface area contributed by atoms with Crippen molar-refractivity contribution in [3.05, 3.63) is 71.5 Å². The highest BCUT2D eigenvalue weighted by atomic mass is 32.2. The van der Waals surface area contributed by atoms with Gasteiger partial charge in [-0.3, -0.25) is 4.72 Å². The van der Waals surface area contributed by atoms with Crippen molar-refractivity contribution < 1.29 is 12.8 Å². The largest absolute Gasteiger partial charge is 0.347 e. The smallest absolute Gasteiger partial charge is 0.257 e. The molecule has 2 aromatic carbocycles. The van der Waals surface area contributed by atoms with E-state index in [1.54, 1.807) is 16.8 Å². The molecule has 2 atom stereocenters. The molecule has 0 unspecified atom stereocenters. The van der Waals surface area contributed by atoms with E-state index in [4.69, 9.17) is 0 Å². The topological polar surface area (TPSA) is 88.9 Å². The molecular formula is C18H18FN5O2S. The fraction of sp³-hybridized carbons (Fsp3) is 0.222. The van der Waals surface area contributed by atoms with Gasteiger partial charge in [-0.05, 0) is 29.7 Å². The summed E-state index contributed by atoms with van der Waals surface area (Å²) in [7, 11) is -3.50. The standard InChI is InChI=1S/C18H18FN5O2S/c1-27(25,26)23-17-21-18-20-15(12-5-3-2-4-6-12)11-16(24(18)22-17)13-7-9-14(19)10-8-13/h2-10,15-16H,11H2,1H3,(H2,20,21,22,23)/t15-,16+/m0/s1. The van der Waals surface area contributed by atoms with Crippen molar-refractivity contribution in [2.45, 2.75) is 18.5 Å². The second-order valence-electron chi connectivity index (χ2n) is 6.49. The summed E-state index contributed by atoms with van der Waals surface area (Å²) in [6.07, 6.45) is 1.70. The first kappa shape index (κ1) is 17.5. The van der Waals surface area contributed by atoms with Crippen LogP contribution in [0.1, 0.15) is 29.6 Å². The van der Waals surface area contributed by atoms with E-state index >= 15 is 0 Å². The Morgan fingerprint density at radius 2 is 1.81 bits per heavy atom. The van der Waals surface area contributed by atoms with Gasteiger partial charge in [0.2, 0.25) is 16.0 Å². The van der Waals surface area contributed by atoms with Crippen LogP contribution >= 0.6 is 0 Å². The lowest BCUT2D eigenvalue weighted by Crippen LogP contribution is -2.28. The van der Waals surface area contributed by atoms with Gasteiger partial charge >= 0.3 is 0 Å². The Morgan fingerprint density at radius 3 is 2.48 bits per heavy atom. The zero-order valence-corrected chi connectivity index (χ0v) is 15.3. The Morgan fingerprint density at radius 1 is 1.11 bits per heavy atom. The van der Waals surface area contributed by atoms with Crippen molar-refractivity contribution in [3.8, 4) is 0 Å². The van der Waals surface area contributed by atoms with Crippen molar-refractivity contribution in [3.63, 3.8) is 0 Å². The molecule has 140 valence electrons. The normalized spacial score (nSPS) is 19.2. The maximum Gasteiger partial charge on any atom is 0.257 e. The maximum atomic E-state index is 13.4. The average Bonchev–Trinajstić information content (AvgIpc) is 3.02. The summed E-state index contributed by atoms with van der Waals surface area (Å²) in [5.41, 5.74) is 1.95. The molecule has 0 amide bonds. The molecule has 2 N–H and O–H groups in total. The summed E-state index contributed by atoms with van der Waals surface area (Å²) < 4.78 is 40.4. The minimum Gasteiger partial charge on any atom is -0.347 e. The number of sulfonamides is 1. The number of fused-ring (bicyclic) bond motifs is 1. The van der Waals surface area contributed by atoms with Gasteiger partial charge in [0.1, 0.15) is 5.82 Å². The molecule has 2 heterocycles. The molecule has 3 aromatic rings. The SMILES string of the molecule is CS(=O)(=O)Nc1nc2n(n1)[C@@H](c1ccc(F)cc1)C[C@@H](c1ccccc1)N2. The zero-order chi connectivity index (χ0) is 19.0. The van der Waals surface area contributed by atoms with Crippen LogP contribution in [-0.4, -0.2) is 29.4 Å². The van der Waals surface area contributed by atoms with Crippen LogP contribution in [0.5, 0.6) is 0 Å². The summed E-state index contributed by atoms with van der Waals surface area (Å²) in [4.78, 5) is 4.28. The molecule has 1 aromatic heterocycles. The number of halogens is 1. The Bertz CT molecular complexity index is 1050. The number of anilines is 2. The van der Waals surface area contributed by atoms with Crippen molar-refractivity contribution in [2.75, 3.05) is 16.3 Å². The van der Waals surface area contributed by atoms with Gasteiger partial charge in [0.05, 0.1) is 18.3 Å². The highest BCUT2D eigenvalue weighted by molar-refractivity contribution is 7.91. The fourth-order valence-electron chi connectivity index (χ4n) is 3.25. The molecule has 0 aliphatic carbocycles. The lowest BCUT2D eigenvalue weighted by Gasteiger charge is -2.31. The molecular weight excluding hydrogens is 369 g/mol. The van der Waals surface area contributed by atoms with Crippen LogP contribution in [0.3, 0.4) is 0 Å². The highest BCUT2D eigenvalue weighted by Crippen LogP contribution is 2.38. The van der Waals surface area contributed by atoms with Gasteiger partial charge in [0.15, 0.2) is 0 Å². The van der Waals surface area contributed by atoms with Crippen LogP contribution in [0.2, 0.25) is 0 Å². The second kappa shape index (κ2) is 6.66. The number of nitrogens with zero attached hydrogens (tertiary/aromatic N) is 3. The van der Waals surface area contributed by atoms with E-state index in [9.17, 15) is 12.8 Å². The lowest BCUT2D eigenvalue weighted by atomic mass is 9.93. The summed E-state index contributed by atoms with van der Waals surface area (Å²) in [6.45, 7) is 0. The van der Waals surface area contributed by atoms with Crippen LogP contribution in [0, 0.1) is 5.82 Å². The summed E-state index contributed by atoms with van der Waals surface area (Å²) >= 11 is 0. The van der Waals surface area contributed by atoms with Gasteiger partial charge in [0.25, 0.3) is 5.95 Å². The van der Waals surface area contributed by atoms with Crippen LogP contribution in [0.4, 0.5) is 16.3 Å². The van der Waals surface area contributed by atoms with Crippen molar-refractivity contribution in [1.29, 1.82) is 0 Å². The predicted molar refractivity (Wildman–Crippen MR) is 100 cm³/mol. The number of hydrogen-bond donors (Lipinski definition) is 2. The van der Waals surface area contributed by atoms with E-state index in [1.165, 1.54) is 12.1 Å². The minimum absolute atomic E-state index is 0.000762. The Labute approximate surface area is 156 Å². The van der Waals surface area contributed by atoms with Gasteiger partial charge in [-0.25, -0.2) is 17.5 Å². The van der Waals surface area contributed by atoms with Crippen LogP contribution in [0.15, 0.2) is 54.6 Å². The van der Waals surface area contributed by atoms with Crippen LogP contribution in [-0.2, 0) is 10.0 Å². The number of rotatable bonds is 4. The molecule has 0 radical (unpaired) electrons. The van der Waals surface area contributed by atoms with Gasteiger partial charge < -0.3 is 5.32 Å². The Kier molecular flexibility index (Phi) is 4.31. The van der Waals surface area contributed by atoms with Crippen molar-refractivity contribution in [2.24, 2.45) is 0 Å². The quantitative estimate of drug-likeness (QED) is 0.719. The van der Waals surface area contributed by atoms with E-state index < -0.39 is 10.0 Å². The fourth-order valence-corrected chi connectivity index (χ4v) is 3.67. The molecule has 7 nitrogen and oxygen atoms in total. The van der Waals surface area contributed by atoms with E-state index in [1.807, 2.05) is 30.3 Å². The minimum atomic E-state index is -3.50. The third kappa shape index (κ3) is 3.77. The molecule has 0 bridgehead atoms. The molecule has 1 aliphatic heterocycles. The summed E-state index contributed by atoms with van der Waals surface area (Å²) in [5.74, 6) is 0.141. The number of nitrogens with one attached hydrogen (secondary N) is 2. The highest BCUT2D eigenvalue weighted by Gasteiger charge is 2.31. The Hall–Kier alpha value is -2.94. The van der Waals surface area contributed by atoms with Crippen molar-refractivity contribution >= 4 is 21.9 Å². The van der Waals surface area contributed by atoms with Gasteiger partial charge in [0, 0.05) is 0 Å². The first-order chi connectivity index (χ1) is 12.9. The lowest BCUT2D eigenvalue weighted by molar-refractivity contribution is 0.431. The molecule has 9 heteroatoms. The van der Waals surface area contributed by atoms with Gasteiger partial charge in [-0.15, -0.1) is 5.10 Å². The molecule has 0 saturated heterocycles. The molecule has 0 spiro atoms. The zero-order valence-electron chi connectivity index (χ0n) is 14.5. The number of benzene rings is 2.